The Hall–Kier alpha value is -0.216. The molecule has 0 aliphatic carbocycles. The van der Waals surface area contributed by atoms with Crippen molar-refractivity contribution in [3.63, 3.8) is 0 Å². The molecule has 0 aromatic rings. The van der Waals surface area contributed by atoms with E-state index >= 15 is 0 Å². The summed E-state index contributed by atoms with van der Waals surface area (Å²) in [6.07, 6.45) is 2.83. The first kappa shape index (κ1) is 14.3. The Labute approximate surface area is 96.8 Å². The van der Waals surface area contributed by atoms with Crippen molar-refractivity contribution in [2.24, 2.45) is 0 Å². The number of methoxy groups -OCH3 is 1. The summed E-state index contributed by atoms with van der Waals surface area (Å²) in [5, 5.41) is 0. The second-order valence-corrected chi connectivity index (χ2v) is 2.10. The number of hydrogen-bond acceptors (Lipinski definition) is 4. The molecule has 0 atom stereocenters. The minimum absolute atomic E-state index is 0. The van der Waals surface area contributed by atoms with Crippen LogP contribution in [-0.4, -0.2) is 38.4 Å². The Bertz CT molecular complexity index is 189. The molecule has 0 amide bonds. The van der Waals surface area contributed by atoms with Crippen molar-refractivity contribution in [2.45, 2.75) is 0 Å². The van der Waals surface area contributed by atoms with Crippen molar-refractivity contribution >= 4 is 12.3 Å². The van der Waals surface area contributed by atoms with Crippen molar-refractivity contribution in [1.82, 2.24) is 4.90 Å². The topological polar surface area (TPSA) is 46.6 Å². The van der Waals surface area contributed by atoms with E-state index in [1.807, 2.05) is 0 Å². The van der Waals surface area contributed by atoms with Gasteiger partial charge in [-0.25, -0.2) is 0 Å². The smallest absolute Gasteiger partial charge is 0.224 e. The van der Waals surface area contributed by atoms with Crippen molar-refractivity contribution < 1.29 is 47.0 Å². The number of carbonyl (C=O) groups excluding carboxylic acids is 2. The summed E-state index contributed by atoms with van der Waals surface area (Å²) in [4.78, 5) is 22.4. The van der Waals surface area contributed by atoms with Crippen molar-refractivity contribution in [3.8, 4) is 0 Å². The third-order valence-electron chi connectivity index (χ3n) is 0.903. The van der Waals surface area contributed by atoms with Gasteiger partial charge in [0.25, 0.3) is 0 Å². The fourth-order valence-electron chi connectivity index (χ4n) is 0.489. The third-order valence-corrected chi connectivity index (χ3v) is 0.903. The molecular weight excluding hydrogens is 235 g/mol. The molecule has 0 heterocycles. The standard InChI is InChI=1S/C7H10NO3.Y/c1-8(2)4-6(5-9)7(10)11-3;/h4H,1-3H3;/q-1;/b6-4-;. The van der Waals surface area contributed by atoms with E-state index in [-0.39, 0.29) is 38.3 Å². The van der Waals surface area contributed by atoms with Gasteiger partial charge >= 0.3 is 0 Å². The van der Waals surface area contributed by atoms with Gasteiger partial charge in [-0.2, -0.15) is 0 Å². The number of ether oxygens (including phenoxy) is 1. The van der Waals surface area contributed by atoms with Crippen LogP contribution in [0.15, 0.2) is 11.8 Å². The summed E-state index contributed by atoms with van der Waals surface area (Å²) in [6.45, 7) is 0. The van der Waals surface area contributed by atoms with Crippen molar-refractivity contribution in [2.75, 3.05) is 21.2 Å². The Kier molecular flexibility index (Phi) is 8.87. The number of esters is 1. The van der Waals surface area contributed by atoms with Crippen LogP contribution >= 0.6 is 0 Å². The first-order valence-corrected chi connectivity index (χ1v) is 2.96. The van der Waals surface area contributed by atoms with Crippen molar-refractivity contribution in [1.29, 1.82) is 0 Å². The van der Waals surface area contributed by atoms with Gasteiger partial charge in [0, 0.05) is 32.7 Å². The molecule has 65 valence electrons. The van der Waals surface area contributed by atoms with E-state index in [0.717, 1.165) is 0 Å². The fraction of sp³-hybridized carbons (Fsp3) is 0.429. The second-order valence-electron chi connectivity index (χ2n) is 2.10. The molecule has 0 N–H and O–H groups in total. The van der Waals surface area contributed by atoms with E-state index in [9.17, 15) is 9.59 Å². The summed E-state index contributed by atoms with van der Waals surface area (Å²) < 4.78 is 4.31. The summed E-state index contributed by atoms with van der Waals surface area (Å²) in [5.41, 5.74) is -0.113. The van der Waals surface area contributed by atoms with E-state index < -0.39 is 5.97 Å². The van der Waals surface area contributed by atoms with Crippen LogP contribution in [0.2, 0.25) is 0 Å². The number of rotatable bonds is 3. The Morgan fingerprint density at radius 1 is 1.50 bits per heavy atom. The molecule has 0 aromatic carbocycles. The van der Waals surface area contributed by atoms with Gasteiger partial charge in [0.2, 0.25) is 5.97 Å². The molecular formula is C7H10NO3Y-. The van der Waals surface area contributed by atoms with Crippen LogP contribution in [-0.2, 0) is 47.0 Å². The molecule has 1 radical (unpaired) electrons. The first-order chi connectivity index (χ1) is 5.11. The molecule has 0 rings (SSSR count). The van der Waals surface area contributed by atoms with Gasteiger partial charge in [-0.05, 0) is 14.1 Å². The molecule has 12 heavy (non-hydrogen) atoms. The van der Waals surface area contributed by atoms with Crippen LogP contribution in [0.3, 0.4) is 0 Å². The molecule has 0 aromatic heterocycles. The molecule has 0 bridgehead atoms. The third kappa shape index (κ3) is 5.44. The number of carbonyl (C=O) groups is 1. The van der Waals surface area contributed by atoms with Gasteiger partial charge in [-0.3, -0.25) is 0 Å². The fourth-order valence-corrected chi connectivity index (χ4v) is 0.489. The second kappa shape index (κ2) is 7.43. The summed E-state index contributed by atoms with van der Waals surface area (Å²) in [5.74, 6) is -0.673. The molecule has 0 fully saturated rings. The van der Waals surface area contributed by atoms with E-state index in [4.69, 9.17) is 0 Å². The average molecular weight is 245 g/mol. The van der Waals surface area contributed by atoms with E-state index in [1.165, 1.54) is 19.6 Å². The first-order valence-electron chi connectivity index (χ1n) is 2.96. The van der Waals surface area contributed by atoms with Gasteiger partial charge in [-0.1, -0.05) is 11.8 Å². The summed E-state index contributed by atoms with van der Waals surface area (Å²) >= 11 is 0. The minimum atomic E-state index is -0.673. The Balaban J connectivity index is 0. The summed E-state index contributed by atoms with van der Waals surface area (Å²) in [7, 11) is 4.60. The number of nitrogens with zero attached hydrogens (tertiary/aromatic N) is 1. The normalized spacial score (nSPS) is 9.75. The van der Waals surface area contributed by atoms with Gasteiger partial charge in [0.05, 0.1) is 13.4 Å². The largest absolute Gasteiger partial charge is 0.522 e. The van der Waals surface area contributed by atoms with Crippen LogP contribution in [0, 0.1) is 0 Å². The van der Waals surface area contributed by atoms with Crippen molar-refractivity contribution in [3.05, 3.63) is 11.8 Å². The van der Waals surface area contributed by atoms with Gasteiger partial charge in [0.1, 0.15) is 0 Å². The van der Waals surface area contributed by atoms with Crippen LogP contribution in [0.25, 0.3) is 0 Å². The monoisotopic (exact) mass is 245 g/mol. The average Bonchev–Trinajstić information content (AvgIpc) is 1.98. The van der Waals surface area contributed by atoms with Crippen LogP contribution in [0.4, 0.5) is 0 Å². The van der Waals surface area contributed by atoms with Gasteiger partial charge in [0.15, 0.2) is 0 Å². The Morgan fingerprint density at radius 2 is 2.00 bits per heavy atom. The minimum Gasteiger partial charge on any atom is -0.522 e. The predicted molar refractivity (Wildman–Crippen MR) is 39.5 cm³/mol. The zero-order chi connectivity index (χ0) is 8.85. The zero-order valence-electron chi connectivity index (χ0n) is 7.33. The summed E-state index contributed by atoms with van der Waals surface area (Å²) in [6, 6.07) is 0. The molecule has 0 unspecified atom stereocenters. The zero-order valence-corrected chi connectivity index (χ0v) is 10.2. The maximum Gasteiger partial charge on any atom is 0.224 e. The predicted octanol–water partition coefficient (Wildman–Crippen LogP) is -0.288. The van der Waals surface area contributed by atoms with Gasteiger partial charge in [-0.15, -0.1) is 0 Å². The molecule has 4 nitrogen and oxygen atoms in total. The quantitative estimate of drug-likeness (QED) is 0.225. The molecule has 5 heteroatoms. The van der Waals surface area contributed by atoms with Crippen LogP contribution in [0.5, 0.6) is 0 Å². The molecule has 0 saturated carbocycles. The molecule has 0 saturated heterocycles. The SMILES string of the molecule is COC(=O)/C([C-]=O)=C\N(C)C.[Y]. The maximum atomic E-state index is 10.7. The number of hydrogen-bond donors (Lipinski definition) is 0. The molecule has 0 aliphatic rings. The molecule has 0 aliphatic heterocycles. The maximum absolute atomic E-state index is 10.7. The molecule has 0 spiro atoms. The van der Waals surface area contributed by atoms with E-state index in [1.54, 1.807) is 19.0 Å². The van der Waals surface area contributed by atoms with E-state index in [0.29, 0.717) is 0 Å². The van der Waals surface area contributed by atoms with E-state index in [2.05, 4.69) is 4.74 Å². The van der Waals surface area contributed by atoms with Crippen LogP contribution in [0.1, 0.15) is 0 Å². The van der Waals surface area contributed by atoms with Gasteiger partial charge < -0.3 is 19.2 Å². The van der Waals surface area contributed by atoms with Crippen LogP contribution < -0.4 is 0 Å². The Morgan fingerprint density at radius 3 is 2.25 bits per heavy atom.